The summed E-state index contributed by atoms with van der Waals surface area (Å²) in [5, 5.41) is 10.2. The van der Waals surface area contributed by atoms with E-state index >= 15 is 0 Å². The number of aryl methyl sites for hydroxylation is 1. The van der Waals surface area contributed by atoms with Gasteiger partial charge in [0.05, 0.1) is 16.2 Å². The number of rotatable bonds is 3. The molecule has 134 valence electrons. The van der Waals surface area contributed by atoms with E-state index in [4.69, 9.17) is 12.2 Å². The number of aromatic nitrogens is 1. The molecule has 7 heteroatoms. The van der Waals surface area contributed by atoms with Crippen molar-refractivity contribution in [3.05, 3.63) is 70.8 Å². The molecular weight excluding hydrogens is 380 g/mol. The zero-order valence-corrected chi connectivity index (χ0v) is 15.9. The number of carbonyl (C=O) groups is 2. The molecule has 2 heterocycles. The van der Waals surface area contributed by atoms with Crippen molar-refractivity contribution in [1.82, 2.24) is 4.57 Å². The van der Waals surface area contributed by atoms with Gasteiger partial charge in [-0.15, -0.1) is 0 Å². The molecule has 0 atom stereocenters. The van der Waals surface area contributed by atoms with Crippen LogP contribution < -0.4 is 4.90 Å². The summed E-state index contributed by atoms with van der Waals surface area (Å²) in [5.41, 5.74) is 2.58. The Hall–Kier alpha value is -2.90. The molecule has 0 radical (unpaired) electrons. The van der Waals surface area contributed by atoms with E-state index in [1.807, 2.05) is 48.2 Å². The van der Waals surface area contributed by atoms with Crippen LogP contribution in [0.3, 0.4) is 0 Å². The number of nitrogens with zero attached hydrogens (tertiary/aromatic N) is 2. The summed E-state index contributed by atoms with van der Waals surface area (Å²) in [6.45, 7) is 0. The molecule has 0 spiro atoms. The number of thioether (sulfide) groups is 1. The molecule has 0 aliphatic carbocycles. The zero-order valence-electron chi connectivity index (χ0n) is 14.2. The van der Waals surface area contributed by atoms with Gasteiger partial charge in [0.1, 0.15) is 0 Å². The third kappa shape index (κ3) is 3.05. The quantitative estimate of drug-likeness (QED) is 0.531. The number of carboxylic acid groups (broad SMARTS) is 1. The smallest absolute Gasteiger partial charge is 0.335 e. The van der Waals surface area contributed by atoms with Gasteiger partial charge in [0.15, 0.2) is 4.32 Å². The minimum atomic E-state index is -1.05. The number of hydrogen-bond donors (Lipinski definition) is 1. The molecule has 2 aromatic carbocycles. The summed E-state index contributed by atoms with van der Waals surface area (Å²) in [6.07, 6.45) is 3.81. The number of hydrogen-bond acceptors (Lipinski definition) is 4. The fourth-order valence-corrected chi connectivity index (χ4v) is 4.39. The number of carbonyl (C=O) groups excluding carboxylic acids is 1. The Morgan fingerprint density at radius 3 is 2.74 bits per heavy atom. The van der Waals surface area contributed by atoms with E-state index in [9.17, 15) is 14.7 Å². The van der Waals surface area contributed by atoms with Gasteiger partial charge in [-0.1, -0.05) is 48.2 Å². The van der Waals surface area contributed by atoms with Crippen molar-refractivity contribution < 1.29 is 14.7 Å². The maximum Gasteiger partial charge on any atom is 0.335 e. The number of fused-ring (bicyclic) bond motifs is 1. The molecule has 1 aliphatic rings. The molecule has 1 N–H and O–H groups in total. The Labute approximate surface area is 164 Å². The SMILES string of the molecule is Cn1cc(C=C2SC(=S)N(c3cccc(C(=O)O)c3)C2=O)c2ccccc21. The van der Waals surface area contributed by atoms with E-state index in [1.165, 1.54) is 28.8 Å². The summed E-state index contributed by atoms with van der Waals surface area (Å²) in [6, 6.07) is 14.2. The second kappa shape index (κ2) is 6.68. The maximum absolute atomic E-state index is 12.9. The third-order valence-corrected chi connectivity index (χ3v) is 5.66. The van der Waals surface area contributed by atoms with Crippen LogP contribution in [0.2, 0.25) is 0 Å². The van der Waals surface area contributed by atoms with Crippen LogP contribution in [0.5, 0.6) is 0 Å². The summed E-state index contributed by atoms with van der Waals surface area (Å²) in [7, 11) is 1.96. The Balaban J connectivity index is 1.73. The first-order valence-corrected chi connectivity index (χ1v) is 9.33. The van der Waals surface area contributed by atoms with Gasteiger partial charge < -0.3 is 9.67 Å². The number of amides is 1. The highest BCUT2D eigenvalue weighted by Crippen LogP contribution is 2.37. The lowest BCUT2D eigenvalue weighted by molar-refractivity contribution is -0.113. The molecule has 1 aliphatic heterocycles. The standard InChI is InChI=1S/C20H14N2O3S2/c1-21-11-13(15-7-2-3-8-16(15)21)10-17-18(23)22(20(26)27-17)14-6-4-5-12(9-14)19(24)25/h2-11H,1H3,(H,24,25). The average Bonchev–Trinajstić information content (AvgIpc) is 3.12. The molecule has 0 unspecified atom stereocenters. The summed E-state index contributed by atoms with van der Waals surface area (Å²) < 4.78 is 2.40. The van der Waals surface area contributed by atoms with Crippen molar-refractivity contribution in [3.8, 4) is 0 Å². The van der Waals surface area contributed by atoms with E-state index in [1.54, 1.807) is 12.1 Å². The first-order chi connectivity index (χ1) is 13.0. The first kappa shape index (κ1) is 17.5. The summed E-state index contributed by atoms with van der Waals surface area (Å²) in [5.74, 6) is -1.30. The van der Waals surface area contributed by atoms with Crippen LogP contribution >= 0.6 is 24.0 Å². The highest BCUT2D eigenvalue weighted by atomic mass is 32.2. The number of anilines is 1. The summed E-state index contributed by atoms with van der Waals surface area (Å²) >= 11 is 6.59. The highest BCUT2D eigenvalue weighted by Gasteiger charge is 2.33. The normalized spacial score (nSPS) is 15.9. The number of aromatic carboxylic acids is 1. The van der Waals surface area contributed by atoms with Crippen molar-refractivity contribution in [3.63, 3.8) is 0 Å². The lowest BCUT2D eigenvalue weighted by Gasteiger charge is -2.14. The van der Waals surface area contributed by atoms with Gasteiger partial charge >= 0.3 is 5.97 Å². The molecule has 1 amide bonds. The van der Waals surface area contributed by atoms with Crippen molar-refractivity contribution in [1.29, 1.82) is 0 Å². The monoisotopic (exact) mass is 394 g/mol. The predicted octanol–water partition coefficient (Wildman–Crippen LogP) is 4.28. The van der Waals surface area contributed by atoms with Crippen molar-refractivity contribution in [2.45, 2.75) is 0 Å². The van der Waals surface area contributed by atoms with Crippen LogP contribution in [0.1, 0.15) is 15.9 Å². The van der Waals surface area contributed by atoms with E-state index in [2.05, 4.69) is 0 Å². The zero-order chi connectivity index (χ0) is 19.1. The molecular formula is C20H14N2O3S2. The van der Waals surface area contributed by atoms with Crippen LogP contribution in [0.4, 0.5) is 5.69 Å². The van der Waals surface area contributed by atoms with Gasteiger partial charge in [-0.25, -0.2) is 4.79 Å². The minimum absolute atomic E-state index is 0.111. The number of carboxylic acids is 1. The molecule has 5 nitrogen and oxygen atoms in total. The number of benzene rings is 2. The van der Waals surface area contributed by atoms with Crippen LogP contribution in [-0.2, 0) is 11.8 Å². The fraction of sp³-hybridized carbons (Fsp3) is 0.0500. The lowest BCUT2D eigenvalue weighted by atomic mass is 10.1. The number of thiocarbonyl (C=S) groups is 1. The Bertz CT molecular complexity index is 1150. The van der Waals surface area contributed by atoms with E-state index in [-0.39, 0.29) is 11.5 Å². The molecule has 1 aromatic heterocycles. The van der Waals surface area contributed by atoms with E-state index < -0.39 is 5.97 Å². The van der Waals surface area contributed by atoms with Crippen molar-refractivity contribution in [2.24, 2.45) is 7.05 Å². The summed E-state index contributed by atoms with van der Waals surface area (Å²) in [4.78, 5) is 26.0. The van der Waals surface area contributed by atoms with E-state index in [0.29, 0.717) is 14.9 Å². The van der Waals surface area contributed by atoms with Crippen LogP contribution in [0.15, 0.2) is 59.6 Å². The Kier molecular flexibility index (Phi) is 4.33. The molecule has 27 heavy (non-hydrogen) atoms. The van der Waals surface area contributed by atoms with Gasteiger partial charge in [0, 0.05) is 29.7 Å². The van der Waals surface area contributed by atoms with Gasteiger partial charge in [-0.3, -0.25) is 9.69 Å². The molecule has 0 saturated carbocycles. The average molecular weight is 394 g/mol. The van der Waals surface area contributed by atoms with Crippen LogP contribution in [0, 0.1) is 0 Å². The Morgan fingerprint density at radius 1 is 1.19 bits per heavy atom. The third-order valence-electron chi connectivity index (χ3n) is 4.36. The van der Waals surface area contributed by atoms with Crippen molar-refractivity contribution >= 4 is 62.8 Å². The lowest BCUT2D eigenvalue weighted by Crippen LogP contribution is -2.27. The molecule has 4 rings (SSSR count). The topological polar surface area (TPSA) is 62.5 Å². The second-order valence-corrected chi connectivity index (χ2v) is 7.76. The van der Waals surface area contributed by atoms with Crippen LogP contribution in [0.25, 0.3) is 17.0 Å². The van der Waals surface area contributed by atoms with E-state index in [0.717, 1.165) is 16.5 Å². The van der Waals surface area contributed by atoms with Gasteiger partial charge in [0.25, 0.3) is 5.91 Å². The fourth-order valence-electron chi connectivity index (χ4n) is 3.10. The van der Waals surface area contributed by atoms with Crippen LogP contribution in [-0.4, -0.2) is 25.9 Å². The van der Waals surface area contributed by atoms with Crippen molar-refractivity contribution in [2.75, 3.05) is 4.90 Å². The maximum atomic E-state index is 12.9. The highest BCUT2D eigenvalue weighted by molar-refractivity contribution is 8.27. The largest absolute Gasteiger partial charge is 0.478 e. The van der Waals surface area contributed by atoms with Gasteiger partial charge in [-0.05, 0) is 30.3 Å². The number of para-hydroxylation sites is 1. The molecule has 1 saturated heterocycles. The first-order valence-electron chi connectivity index (χ1n) is 8.11. The predicted molar refractivity (Wildman–Crippen MR) is 112 cm³/mol. The van der Waals surface area contributed by atoms with Gasteiger partial charge in [-0.2, -0.15) is 0 Å². The van der Waals surface area contributed by atoms with Gasteiger partial charge in [0.2, 0.25) is 0 Å². The molecule has 1 fully saturated rings. The minimum Gasteiger partial charge on any atom is -0.478 e. The molecule has 0 bridgehead atoms. The second-order valence-electron chi connectivity index (χ2n) is 6.09. The Morgan fingerprint density at radius 2 is 1.96 bits per heavy atom. The molecule has 3 aromatic rings.